The van der Waals surface area contributed by atoms with Gasteiger partial charge in [0.05, 0.1) is 13.2 Å². The first-order valence-electron chi connectivity index (χ1n) is 10.2. The molecular formula is C21H34N2O8. The normalized spacial score (nSPS) is 19.1. The van der Waals surface area contributed by atoms with Crippen LogP contribution in [-0.2, 0) is 33.4 Å². The maximum Gasteiger partial charge on any atom is 0.305 e. The van der Waals surface area contributed by atoms with Crippen molar-refractivity contribution >= 4 is 23.8 Å². The number of amides is 1. The molecule has 1 saturated heterocycles. The molecule has 0 aliphatic carbocycles. The molecule has 0 aromatic heterocycles. The molecule has 2 rings (SSSR count). The molecular weight excluding hydrogens is 408 g/mol. The number of hydrogen-bond acceptors (Lipinski definition) is 8. The average Bonchev–Trinajstić information content (AvgIpc) is 3.26. The van der Waals surface area contributed by atoms with Gasteiger partial charge in [-0.2, -0.15) is 0 Å². The Labute approximate surface area is 183 Å². The van der Waals surface area contributed by atoms with Gasteiger partial charge in [-0.15, -0.1) is 0 Å². The molecule has 2 atom stereocenters. The largest absolute Gasteiger partial charge is 0.481 e. The zero-order chi connectivity index (χ0) is 23.8. The van der Waals surface area contributed by atoms with Crippen molar-refractivity contribution in [3.63, 3.8) is 0 Å². The van der Waals surface area contributed by atoms with Gasteiger partial charge in [-0.3, -0.25) is 19.2 Å². The molecule has 1 fully saturated rings. The van der Waals surface area contributed by atoms with Gasteiger partial charge in [0.25, 0.3) is 0 Å². The summed E-state index contributed by atoms with van der Waals surface area (Å²) in [7, 11) is 1.38. The molecule has 0 bridgehead atoms. The summed E-state index contributed by atoms with van der Waals surface area (Å²) >= 11 is 0. The molecule has 0 unspecified atom stereocenters. The SMILES string of the molecule is CCC(=O)O.CCC(=O)OC.CCC(=O)OC[C@@H]1CC[C@H](N2C=CCC(C(N)=O)=C2)O1. The Kier molecular flexibility index (Phi) is 14.4. The van der Waals surface area contributed by atoms with Gasteiger partial charge in [0, 0.05) is 37.2 Å². The summed E-state index contributed by atoms with van der Waals surface area (Å²) in [6.45, 7) is 5.40. The van der Waals surface area contributed by atoms with E-state index in [1.165, 1.54) is 7.11 Å². The number of carboxylic acids is 1. The number of aliphatic carboxylic acids is 1. The minimum Gasteiger partial charge on any atom is -0.481 e. The molecule has 0 saturated carbocycles. The van der Waals surface area contributed by atoms with Crippen LogP contribution in [0.25, 0.3) is 0 Å². The molecule has 10 nitrogen and oxygen atoms in total. The number of allylic oxidation sites excluding steroid dienone is 1. The van der Waals surface area contributed by atoms with Gasteiger partial charge in [0.15, 0.2) is 0 Å². The molecule has 0 radical (unpaired) electrons. The summed E-state index contributed by atoms with van der Waals surface area (Å²) in [5.74, 6) is -1.53. The van der Waals surface area contributed by atoms with Crippen LogP contribution in [0.5, 0.6) is 0 Å². The lowest BCUT2D eigenvalue weighted by atomic mass is 10.1. The van der Waals surface area contributed by atoms with Crippen LogP contribution in [0.3, 0.4) is 0 Å². The van der Waals surface area contributed by atoms with Gasteiger partial charge < -0.3 is 30.0 Å². The maximum absolute atomic E-state index is 11.2. The molecule has 0 aromatic carbocycles. The number of ether oxygens (including phenoxy) is 3. The number of esters is 2. The molecule has 2 aliphatic heterocycles. The Bertz CT molecular complexity index is 654. The summed E-state index contributed by atoms with van der Waals surface area (Å²) in [4.78, 5) is 43.5. The number of carbonyl (C=O) groups is 4. The Hall–Kier alpha value is -2.88. The minimum atomic E-state index is -0.745. The van der Waals surface area contributed by atoms with Crippen LogP contribution in [0.1, 0.15) is 59.3 Å². The lowest BCUT2D eigenvalue weighted by Gasteiger charge is -2.27. The van der Waals surface area contributed by atoms with Crippen molar-refractivity contribution in [2.24, 2.45) is 5.73 Å². The molecule has 2 heterocycles. The third-order valence-electron chi connectivity index (χ3n) is 4.19. The van der Waals surface area contributed by atoms with Crippen LogP contribution in [-0.4, -0.2) is 59.9 Å². The van der Waals surface area contributed by atoms with Crippen molar-refractivity contribution in [2.45, 2.75) is 71.6 Å². The first kappa shape index (κ1) is 28.1. The van der Waals surface area contributed by atoms with Gasteiger partial charge >= 0.3 is 17.9 Å². The van der Waals surface area contributed by atoms with Crippen LogP contribution >= 0.6 is 0 Å². The van der Waals surface area contributed by atoms with E-state index in [1.54, 1.807) is 27.0 Å². The highest BCUT2D eigenvalue weighted by Gasteiger charge is 2.30. The first-order chi connectivity index (χ1) is 14.7. The molecule has 31 heavy (non-hydrogen) atoms. The highest BCUT2D eigenvalue weighted by molar-refractivity contribution is 5.92. The van der Waals surface area contributed by atoms with E-state index in [-0.39, 0.29) is 37.3 Å². The lowest BCUT2D eigenvalue weighted by molar-refractivity contribution is -0.148. The van der Waals surface area contributed by atoms with Crippen LogP contribution in [0.15, 0.2) is 24.0 Å². The summed E-state index contributed by atoms with van der Waals surface area (Å²) in [5, 5.41) is 7.72. The van der Waals surface area contributed by atoms with Crippen molar-refractivity contribution in [1.82, 2.24) is 4.90 Å². The monoisotopic (exact) mass is 442 g/mol. The van der Waals surface area contributed by atoms with E-state index in [9.17, 15) is 19.2 Å². The highest BCUT2D eigenvalue weighted by Crippen LogP contribution is 2.26. The maximum atomic E-state index is 11.2. The summed E-state index contributed by atoms with van der Waals surface area (Å²) in [6.07, 6.45) is 8.54. The molecule has 0 spiro atoms. The highest BCUT2D eigenvalue weighted by atomic mass is 16.6. The standard InChI is InChI=1S/C14H20N2O4.C4H8O2.C3H6O2/c1-2-13(17)19-9-11-5-6-12(20-11)16-7-3-4-10(8-16)14(15)18;1-3-4(5)6-2;1-2-3(4)5/h3,7-8,11-12H,2,4-6,9H2,1H3,(H2,15,18);3H2,1-2H3;2H2,1H3,(H,4,5)/t11-,12+;;/m0../s1. The van der Waals surface area contributed by atoms with Crippen LogP contribution in [0.4, 0.5) is 0 Å². The number of methoxy groups -OCH3 is 1. The van der Waals surface area contributed by atoms with Crippen molar-refractivity contribution < 1.29 is 38.5 Å². The summed E-state index contributed by atoms with van der Waals surface area (Å²) in [6, 6.07) is 0. The zero-order valence-corrected chi connectivity index (χ0v) is 18.7. The van der Waals surface area contributed by atoms with Gasteiger partial charge in [0.1, 0.15) is 12.8 Å². The molecule has 2 aliphatic rings. The zero-order valence-electron chi connectivity index (χ0n) is 18.7. The molecule has 3 N–H and O–H groups in total. The second-order valence-corrected chi connectivity index (χ2v) is 6.56. The van der Waals surface area contributed by atoms with Crippen molar-refractivity contribution in [1.29, 1.82) is 0 Å². The van der Waals surface area contributed by atoms with E-state index >= 15 is 0 Å². The predicted molar refractivity (Wildman–Crippen MR) is 112 cm³/mol. The fraction of sp³-hybridized carbons (Fsp3) is 0.619. The van der Waals surface area contributed by atoms with Crippen LogP contribution < -0.4 is 5.73 Å². The third kappa shape index (κ3) is 12.4. The quantitative estimate of drug-likeness (QED) is 0.566. The van der Waals surface area contributed by atoms with Crippen LogP contribution in [0, 0.1) is 0 Å². The Morgan fingerprint density at radius 3 is 2.19 bits per heavy atom. The lowest BCUT2D eigenvalue weighted by Crippen LogP contribution is -2.30. The first-order valence-corrected chi connectivity index (χ1v) is 10.2. The Morgan fingerprint density at radius 1 is 1.13 bits per heavy atom. The predicted octanol–water partition coefficient (Wildman–Crippen LogP) is 2.08. The van der Waals surface area contributed by atoms with Gasteiger partial charge in [-0.25, -0.2) is 0 Å². The summed E-state index contributed by atoms with van der Waals surface area (Å²) < 4.78 is 15.2. The second kappa shape index (κ2) is 15.9. The number of carboxylic acid groups (broad SMARTS) is 1. The van der Waals surface area contributed by atoms with E-state index in [4.69, 9.17) is 20.3 Å². The van der Waals surface area contributed by atoms with Gasteiger partial charge in [-0.1, -0.05) is 26.8 Å². The average molecular weight is 443 g/mol. The van der Waals surface area contributed by atoms with Crippen molar-refractivity contribution in [2.75, 3.05) is 13.7 Å². The molecule has 1 amide bonds. The third-order valence-corrected chi connectivity index (χ3v) is 4.19. The fourth-order valence-corrected chi connectivity index (χ4v) is 2.38. The van der Waals surface area contributed by atoms with Crippen molar-refractivity contribution in [3.8, 4) is 0 Å². The second-order valence-electron chi connectivity index (χ2n) is 6.56. The number of primary amides is 1. The van der Waals surface area contributed by atoms with Crippen molar-refractivity contribution in [3.05, 3.63) is 24.0 Å². The fourth-order valence-electron chi connectivity index (χ4n) is 2.38. The molecule has 0 aromatic rings. The van der Waals surface area contributed by atoms with E-state index in [0.717, 1.165) is 12.8 Å². The number of carbonyl (C=O) groups excluding carboxylic acids is 3. The number of hydrogen-bond donors (Lipinski definition) is 2. The van der Waals surface area contributed by atoms with Gasteiger partial charge in [-0.05, 0) is 19.3 Å². The summed E-state index contributed by atoms with van der Waals surface area (Å²) in [5.41, 5.74) is 5.85. The number of nitrogens with two attached hydrogens (primary N) is 1. The minimum absolute atomic E-state index is 0.0868. The van der Waals surface area contributed by atoms with Gasteiger partial charge in [0.2, 0.25) is 5.91 Å². The molecule has 10 heteroatoms. The molecule has 176 valence electrons. The Balaban J connectivity index is 0.000000679. The van der Waals surface area contributed by atoms with E-state index in [2.05, 4.69) is 4.74 Å². The van der Waals surface area contributed by atoms with Crippen LogP contribution in [0.2, 0.25) is 0 Å². The Morgan fingerprint density at radius 2 is 1.74 bits per heavy atom. The smallest absolute Gasteiger partial charge is 0.305 e. The van der Waals surface area contributed by atoms with E-state index in [1.807, 2.05) is 17.2 Å². The van der Waals surface area contributed by atoms with E-state index < -0.39 is 11.9 Å². The number of nitrogens with zero attached hydrogens (tertiary/aromatic N) is 1. The number of rotatable bonds is 7. The van der Waals surface area contributed by atoms with E-state index in [0.29, 0.717) is 24.8 Å². The topological polar surface area (TPSA) is 145 Å².